The summed E-state index contributed by atoms with van der Waals surface area (Å²) in [7, 11) is -2.95. The van der Waals surface area contributed by atoms with E-state index in [4.69, 9.17) is 5.26 Å². The molecule has 0 spiro atoms. The smallest absolute Gasteiger partial charge is 0.153 e. The van der Waals surface area contributed by atoms with Gasteiger partial charge >= 0.3 is 0 Å². The van der Waals surface area contributed by atoms with Crippen LogP contribution in [-0.4, -0.2) is 61.9 Å². The summed E-state index contributed by atoms with van der Waals surface area (Å²) in [6, 6.07) is 6.67. The first-order valence-corrected chi connectivity index (χ1v) is 9.15. The number of rotatable bonds is 2. The molecule has 0 saturated carbocycles. The molecule has 22 heavy (non-hydrogen) atoms. The second kappa shape index (κ2) is 5.95. The Hall–Kier alpha value is -1.49. The number of hydrogen-bond acceptors (Lipinski definition) is 5. The topological polar surface area (TPSA) is 64.4 Å². The van der Waals surface area contributed by atoms with Gasteiger partial charge in [-0.25, -0.2) is 12.8 Å². The average molecular weight is 323 g/mol. The van der Waals surface area contributed by atoms with E-state index in [9.17, 15) is 12.8 Å². The van der Waals surface area contributed by atoms with Crippen molar-refractivity contribution in [3.05, 3.63) is 35.1 Å². The van der Waals surface area contributed by atoms with Gasteiger partial charge in [-0.15, -0.1) is 0 Å². The van der Waals surface area contributed by atoms with E-state index < -0.39 is 15.7 Å². The van der Waals surface area contributed by atoms with Crippen molar-refractivity contribution < 1.29 is 12.8 Å². The van der Waals surface area contributed by atoms with Gasteiger partial charge in [0.15, 0.2) is 9.84 Å². The largest absolute Gasteiger partial charge is 0.296 e. The van der Waals surface area contributed by atoms with Crippen LogP contribution in [0.5, 0.6) is 0 Å². The highest BCUT2D eigenvalue weighted by atomic mass is 32.2. The minimum atomic E-state index is -2.95. The molecule has 2 saturated heterocycles. The van der Waals surface area contributed by atoms with Crippen LogP contribution in [0.3, 0.4) is 0 Å². The van der Waals surface area contributed by atoms with Crippen molar-refractivity contribution in [1.29, 1.82) is 5.26 Å². The third kappa shape index (κ3) is 3.14. The fourth-order valence-electron chi connectivity index (χ4n) is 3.22. The maximum Gasteiger partial charge on any atom is 0.153 e. The molecule has 1 aromatic carbocycles. The van der Waals surface area contributed by atoms with E-state index in [2.05, 4.69) is 9.80 Å². The van der Waals surface area contributed by atoms with Crippen LogP contribution in [0.4, 0.5) is 4.39 Å². The summed E-state index contributed by atoms with van der Waals surface area (Å²) >= 11 is 0. The van der Waals surface area contributed by atoms with Crippen LogP contribution in [0.1, 0.15) is 11.1 Å². The van der Waals surface area contributed by atoms with Gasteiger partial charge in [0, 0.05) is 44.3 Å². The summed E-state index contributed by atoms with van der Waals surface area (Å²) in [5.74, 6) is -0.0456. The van der Waals surface area contributed by atoms with Gasteiger partial charge in [0.1, 0.15) is 11.9 Å². The van der Waals surface area contributed by atoms with E-state index in [0.29, 0.717) is 25.2 Å². The predicted molar refractivity (Wildman–Crippen MR) is 80.4 cm³/mol. The van der Waals surface area contributed by atoms with E-state index in [0.717, 1.165) is 13.1 Å². The molecule has 1 aromatic rings. The van der Waals surface area contributed by atoms with E-state index in [1.54, 1.807) is 12.1 Å². The van der Waals surface area contributed by atoms with Crippen molar-refractivity contribution in [2.75, 3.05) is 37.7 Å². The first kappa shape index (κ1) is 15.4. The summed E-state index contributed by atoms with van der Waals surface area (Å²) in [6.07, 6.45) is 0. The van der Waals surface area contributed by atoms with E-state index in [1.807, 2.05) is 6.07 Å². The van der Waals surface area contributed by atoms with Crippen LogP contribution in [0.25, 0.3) is 0 Å². The van der Waals surface area contributed by atoms with E-state index in [-0.39, 0.29) is 23.1 Å². The number of hydrogen-bond donors (Lipinski definition) is 0. The quantitative estimate of drug-likeness (QED) is 0.798. The van der Waals surface area contributed by atoms with Gasteiger partial charge in [-0.05, 0) is 6.07 Å². The molecule has 3 rings (SSSR count). The standard InChI is InChI=1S/C15H18FN3O2S/c16-15-12(8-17)2-1-3-13(15)9-18-4-5-19-6-7-22(20,21)11-14(19)10-18/h1-3,14H,4-7,9-11H2. The Morgan fingerprint density at radius 1 is 1.32 bits per heavy atom. The molecule has 0 aromatic heterocycles. The number of nitriles is 1. The Balaban J connectivity index is 1.71. The second-order valence-electron chi connectivity index (χ2n) is 5.93. The van der Waals surface area contributed by atoms with Crippen molar-refractivity contribution in [1.82, 2.24) is 9.80 Å². The van der Waals surface area contributed by atoms with Gasteiger partial charge in [-0.1, -0.05) is 12.1 Å². The summed E-state index contributed by atoms with van der Waals surface area (Å²) < 4.78 is 37.7. The Kier molecular flexibility index (Phi) is 4.17. The lowest BCUT2D eigenvalue weighted by Gasteiger charge is -2.43. The Labute approximate surface area is 129 Å². The highest BCUT2D eigenvalue weighted by Crippen LogP contribution is 2.20. The molecular weight excluding hydrogens is 305 g/mol. The van der Waals surface area contributed by atoms with Crippen LogP contribution < -0.4 is 0 Å². The van der Waals surface area contributed by atoms with E-state index in [1.165, 1.54) is 6.07 Å². The number of sulfone groups is 1. The minimum Gasteiger partial charge on any atom is -0.296 e. The van der Waals surface area contributed by atoms with Gasteiger partial charge in [0.05, 0.1) is 17.1 Å². The van der Waals surface area contributed by atoms with Crippen LogP contribution in [0, 0.1) is 17.1 Å². The number of fused-ring (bicyclic) bond motifs is 1. The molecule has 2 aliphatic heterocycles. The van der Waals surface area contributed by atoms with Gasteiger partial charge in [0.25, 0.3) is 0 Å². The number of halogens is 1. The molecule has 7 heteroatoms. The van der Waals surface area contributed by atoms with Crippen molar-refractivity contribution in [2.24, 2.45) is 0 Å². The predicted octanol–water partition coefficient (Wildman–Crippen LogP) is 0.612. The maximum absolute atomic E-state index is 14.1. The lowest BCUT2D eigenvalue weighted by Crippen LogP contribution is -2.59. The fourth-order valence-corrected chi connectivity index (χ4v) is 4.80. The fraction of sp³-hybridized carbons (Fsp3) is 0.533. The number of nitrogens with zero attached hydrogens (tertiary/aromatic N) is 3. The lowest BCUT2D eigenvalue weighted by atomic mass is 10.1. The minimum absolute atomic E-state index is 0.00490. The molecule has 0 aliphatic carbocycles. The highest BCUT2D eigenvalue weighted by molar-refractivity contribution is 7.91. The number of benzene rings is 1. The SMILES string of the molecule is N#Cc1cccc(CN2CCN3CCS(=O)(=O)CC3C2)c1F. The molecule has 2 fully saturated rings. The molecule has 118 valence electrons. The molecule has 0 amide bonds. The molecule has 2 aliphatic rings. The zero-order valence-corrected chi connectivity index (χ0v) is 13.0. The first-order chi connectivity index (χ1) is 10.5. The van der Waals surface area contributed by atoms with Crippen molar-refractivity contribution >= 4 is 9.84 Å². The number of piperazine rings is 1. The monoisotopic (exact) mass is 323 g/mol. The summed E-state index contributed by atoms with van der Waals surface area (Å²) in [5, 5.41) is 8.88. The maximum atomic E-state index is 14.1. The first-order valence-electron chi connectivity index (χ1n) is 7.33. The van der Waals surface area contributed by atoms with Gasteiger partial charge in [0.2, 0.25) is 0 Å². The molecular formula is C15H18FN3O2S. The van der Waals surface area contributed by atoms with Crippen molar-refractivity contribution in [2.45, 2.75) is 12.6 Å². The summed E-state index contributed by atoms with van der Waals surface area (Å²) in [4.78, 5) is 4.28. The third-order valence-corrected chi connectivity index (χ3v) is 6.11. The van der Waals surface area contributed by atoms with Gasteiger partial charge < -0.3 is 0 Å². The average Bonchev–Trinajstić information content (AvgIpc) is 2.48. The van der Waals surface area contributed by atoms with Gasteiger partial charge in [-0.2, -0.15) is 5.26 Å². The van der Waals surface area contributed by atoms with Crippen LogP contribution in [0.15, 0.2) is 18.2 Å². The Morgan fingerprint density at radius 3 is 2.91 bits per heavy atom. The highest BCUT2D eigenvalue weighted by Gasteiger charge is 2.35. The van der Waals surface area contributed by atoms with Crippen molar-refractivity contribution in [3.63, 3.8) is 0 Å². The molecule has 2 heterocycles. The zero-order valence-electron chi connectivity index (χ0n) is 12.2. The molecule has 1 unspecified atom stereocenters. The van der Waals surface area contributed by atoms with Gasteiger partial charge in [-0.3, -0.25) is 9.80 Å². The molecule has 0 N–H and O–H groups in total. The van der Waals surface area contributed by atoms with Crippen LogP contribution in [-0.2, 0) is 16.4 Å². The van der Waals surface area contributed by atoms with Crippen LogP contribution in [0.2, 0.25) is 0 Å². The zero-order chi connectivity index (χ0) is 15.7. The summed E-state index contributed by atoms with van der Waals surface area (Å²) in [6.45, 7) is 3.22. The molecule has 1 atom stereocenters. The molecule has 0 bridgehead atoms. The third-order valence-electron chi connectivity index (χ3n) is 4.42. The molecule has 0 radical (unpaired) electrons. The Morgan fingerprint density at radius 2 is 2.14 bits per heavy atom. The summed E-state index contributed by atoms with van der Waals surface area (Å²) in [5.41, 5.74) is 0.544. The van der Waals surface area contributed by atoms with Crippen LogP contribution >= 0.6 is 0 Å². The van der Waals surface area contributed by atoms with E-state index >= 15 is 0 Å². The van der Waals surface area contributed by atoms with Crippen molar-refractivity contribution in [3.8, 4) is 6.07 Å². The Bertz CT molecular complexity index is 714. The molecule has 5 nitrogen and oxygen atoms in total. The lowest BCUT2D eigenvalue weighted by molar-refractivity contribution is 0.0804. The normalized spacial score (nSPS) is 25.4. The second-order valence-corrected chi connectivity index (χ2v) is 8.16.